The molecule has 2 amide bonds. The molecular formula is C40H54F2N4O9S2. The number of hydrogen-bond donors (Lipinski definition) is 0. The van der Waals surface area contributed by atoms with Crippen LogP contribution in [-0.2, 0) is 39.7 Å². The molecule has 4 aliphatic rings. The molecule has 2 aromatic rings. The van der Waals surface area contributed by atoms with Gasteiger partial charge in [-0.1, -0.05) is 13.8 Å². The highest BCUT2D eigenvalue weighted by atomic mass is 32.2. The first-order valence-corrected chi connectivity index (χ1v) is 23.2. The Bertz CT molecular complexity index is 1900. The maximum Gasteiger partial charge on any atom is 0.414 e. The summed E-state index contributed by atoms with van der Waals surface area (Å²) in [4.78, 5) is 54.2. The van der Waals surface area contributed by atoms with Crippen LogP contribution in [0.4, 0.5) is 41.1 Å². The lowest BCUT2D eigenvalue weighted by Gasteiger charge is -2.24. The van der Waals surface area contributed by atoms with Crippen molar-refractivity contribution in [1.82, 2.24) is 0 Å². The van der Waals surface area contributed by atoms with Crippen molar-refractivity contribution in [1.29, 1.82) is 0 Å². The largest absolute Gasteiger partial charge is 0.444 e. The summed E-state index contributed by atoms with van der Waals surface area (Å²) in [6, 6.07) is 9.23. The molecule has 4 fully saturated rings. The van der Waals surface area contributed by atoms with E-state index < -0.39 is 44.5 Å². The van der Waals surface area contributed by atoms with Gasteiger partial charge in [-0.05, 0) is 74.9 Å². The zero-order chi connectivity index (χ0) is 41.1. The predicted molar refractivity (Wildman–Crippen MR) is 217 cm³/mol. The smallest absolute Gasteiger partial charge is 0.414 e. The number of nitrogens with zero attached hydrogens (tertiary/aromatic N) is 4. The number of ketones is 2. The Hall–Kier alpha value is -4.12. The Labute approximate surface area is 336 Å². The van der Waals surface area contributed by atoms with Gasteiger partial charge in [-0.15, -0.1) is 0 Å². The minimum Gasteiger partial charge on any atom is -0.444 e. The van der Waals surface area contributed by atoms with Crippen LogP contribution in [0.5, 0.6) is 0 Å². The summed E-state index contributed by atoms with van der Waals surface area (Å²) in [6.07, 6.45) is 3.82. The fourth-order valence-corrected chi connectivity index (χ4v) is 9.67. The number of Topliss-reactive ketones (excluding diaryl/α,β-unsaturated/α-hetero) is 2. The highest BCUT2D eigenvalue weighted by Crippen LogP contribution is 2.31. The first-order chi connectivity index (χ1) is 27.3. The van der Waals surface area contributed by atoms with Crippen molar-refractivity contribution >= 4 is 67.1 Å². The predicted octanol–water partition coefficient (Wildman–Crippen LogP) is 6.18. The Kier molecular flexibility index (Phi) is 15.8. The van der Waals surface area contributed by atoms with Gasteiger partial charge in [-0.25, -0.2) is 26.8 Å². The first kappa shape index (κ1) is 44.0. The molecular weight excluding hydrogens is 783 g/mol. The second-order valence-corrected chi connectivity index (χ2v) is 18.8. The molecule has 57 heavy (non-hydrogen) atoms. The summed E-state index contributed by atoms with van der Waals surface area (Å²) in [5.41, 5.74) is 1.64. The van der Waals surface area contributed by atoms with Crippen molar-refractivity contribution in [2.24, 2.45) is 0 Å². The van der Waals surface area contributed by atoms with Gasteiger partial charge in [0.15, 0.2) is 9.84 Å². The van der Waals surface area contributed by atoms with Crippen molar-refractivity contribution in [2.45, 2.75) is 90.3 Å². The molecule has 0 spiro atoms. The summed E-state index contributed by atoms with van der Waals surface area (Å²) in [6.45, 7) is 6.44. The molecule has 17 heteroatoms. The third-order valence-corrected chi connectivity index (χ3v) is 13.5. The summed E-state index contributed by atoms with van der Waals surface area (Å²) in [5.74, 6) is 0.727. The topological polar surface area (TPSA) is 151 Å². The Morgan fingerprint density at radius 1 is 0.702 bits per heavy atom. The molecule has 13 nitrogen and oxygen atoms in total. The molecule has 4 aliphatic heterocycles. The molecule has 0 saturated carbocycles. The van der Waals surface area contributed by atoms with Crippen LogP contribution in [0.25, 0.3) is 0 Å². The quantitative estimate of drug-likeness (QED) is 0.215. The number of anilines is 4. The van der Waals surface area contributed by atoms with Crippen LogP contribution in [0.2, 0.25) is 0 Å². The van der Waals surface area contributed by atoms with E-state index in [0.717, 1.165) is 19.3 Å². The van der Waals surface area contributed by atoms with Gasteiger partial charge in [0, 0.05) is 74.2 Å². The standard InChI is InChI=1S/C20H27FN2O5S.C20H27FN2O4S/c1-2-4-16(24)6-7-17-14-23(20(25)28-17)15-5-8-19(18(21)13-15)22-9-3-11-29(26,27)12-10-22;1-2-4-16(24)6-7-17-14-23(20(25)27-17)15-5-8-19(18(21)13-15)22-9-3-11-28(26)12-10-22/h5,8,13,17H,2-4,6-7,9-12,14H2,1H3;5,8,13,17H,2-4,6-7,9-12,14H2,1H3/t17-;17-,28?/m00/s1. The monoisotopic (exact) mass is 836 g/mol. The van der Waals surface area contributed by atoms with E-state index >= 15 is 0 Å². The van der Waals surface area contributed by atoms with E-state index in [1.807, 2.05) is 18.7 Å². The lowest BCUT2D eigenvalue weighted by Crippen LogP contribution is -2.28. The molecule has 4 heterocycles. The lowest BCUT2D eigenvalue weighted by atomic mass is 10.1. The van der Waals surface area contributed by atoms with Gasteiger partial charge >= 0.3 is 12.2 Å². The summed E-state index contributed by atoms with van der Waals surface area (Å²) >= 11 is 0. The SMILES string of the molecule is CCCC(=O)CC[C@H]1CN(c2ccc(N3CCCS(=O)(=O)CC3)c(F)c2)C(=O)O1.CCCC(=O)CC[C@H]1CN(c2ccc(N3CCCS(=O)CC3)c(F)c2)C(=O)O1. The molecule has 2 aromatic carbocycles. The van der Waals surface area contributed by atoms with Gasteiger partial charge in [-0.3, -0.25) is 23.6 Å². The van der Waals surface area contributed by atoms with Crippen LogP contribution in [0, 0.1) is 11.6 Å². The molecule has 314 valence electrons. The van der Waals surface area contributed by atoms with Crippen LogP contribution in [-0.4, -0.2) is 111 Å². The van der Waals surface area contributed by atoms with Crippen molar-refractivity contribution in [3.05, 3.63) is 48.0 Å². The fourth-order valence-electron chi connectivity index (χ4n) is 7.32. The van der Waals surface area contributed by atoms with Crippen molar-refractivity contribution in [3.63, 3.8) is 0 Å². The van der Waals surface area contributed by atoms with Gasteiger partial charge in [0.2, 0.25) is 0 Å². The van der Waals surface area contributed by atoms with E-state index in [1.165, 1.54) is 21.9 Å². The van der Waals surface area contributed by atoms with Gasteiger partial charge in [0.25, 0.3) is 0 Å². The van der Waals surface area contributed by atoms with Crippen LogP contribution in [0.3, 0.4) is 0 Å². The number of halogens is 2. The lowest BCUT2D eigenvalue weighted by molar-refractivity contribution is -0.120. The van der Waals surface area contributed by atoms with Gasteiger partial charge in [-0.2, -0.15) is 0 Å². The average molecular weight is 837 g/mol. The highest BCUT2D eigenvalue weighted by molar-refractivity contribution is 7.91. The maximum absolute atomic E-state index is 14.8. The summed E-state index contributed by atoms with van der Waals surface area (Å²) in [7, 11) is -3.92. The molecule has 1 unspecified atom stereocenters. The molecule has 0 aromatic heterocycles. The zero-order valence-electron chi connectivity index (χ0n) is 32.8. The number of rotatable bonds is 14. The van der Waals surface area contributed by atoms with Gasteiger partial charge in [0.05, 0.1) is 47.3 Å². The number of carbonyl (C=O) groups is 4. The van der Waals surface area contributed by atoms with Gasteiger partial charge < -0.3 is 19.3 Å². The zero-order valence-corrected chi connectivity index (χ0v) is 34.4. The molecule has 6 rings (SSSR count). The molecule has 0 bridgehead atoms. The molecule has 4 saturated heterocycles. The minimum atomic E-state index is -3.08. The van der Waals surface area contributed by atoms with Crippen LogP contribution in [0.15, 0.2) is 36.4 Å². The van der Waals surface area contributed by atoms with E-state index in [9.17, 15) is 40.6 Å². The van der Waals surface area contributed by atoms with Crippen LogP contribution in [0.1, 0.15) is 78.1 Å². The summed E-state index contributed by atoms with van der Waals surface area (Å²) < 4.78 is 75.4. The van der Waals surface area contributed by atoms with Gasteiger partial charge in [0.1, 0.15) is 35.4 Å². The molecule has 0 N–H and O–H groups in total. The maximum atomic E-state index is 14.8. The second kappa shape index (κ2) is 20.5. The minimum absolute atomic E-state index is 0.00503. The normalized spacial score (nSPS) is 22.3. The first-order valence-electron chi connectivity index (χ1n) is 19.9. The van der Waals surface area contributed by atoms with E-state index in [-0.39, 0.29) is 48.4 Å². The molecule has 3 atom stereocenters. The van der Waals surface area contributed by atoms with Crippen molar-refractivity contribution in [2.75, 3.05) is 81.9 Å². The third kappa shape index (κ3) is 12.4. The number of cyclic esters (lactones) is 2. The number of sulfone groups is 1. The number of ether oxygens (including phenoxy) is 2. The highest BCUT2D eigenvalue weighted by Gasteiger charge is 2.34. The average Bonchev–Trinajstić information content (AvgIpc) is 3.58. The fraction of sp³-hybridized carbons (Fsp3) is 0.600. The van der Waals surface area contributed by atoms with Crippen LogP contribution >= 0.6 is 0 Å². The van der Waals surface area contributed by atoms with Crippen LogP contribution < -0.4 is 19.6 Å². The molecule has 0 aliphatic carbocycles. The second-order valence-electron chi connectivity index (χ2n) is 14.8. The Morgan fingerprint density at radius 3 is 1.68 bits per heavy atom. The Balaban J connectivity index is 0.000000218. The Morgan fingerprint density at radius 2 is 1.19 bits per heavy atom. The number of benzene rings is 2. The van der Waals surface area contributed by atoms with E-state index in [1.54, 1.807) is 29.2 Å². The van der Waals surface area contributed by atoms with Crippen molar-refractivity contribution < 1.29 is 50.1 Å². The van der Waals surface area contributed by atoms with E-state index in [4.69, 9.17) is 9.47 Å². The number of hydrogen-bond acceptors (Lipinski definition) is 11. The summed E-state index contributed by atoms with van der Waals surface area (Å²) in [5, 5.41) is 0. The third-order valence-electron chi connectivity index (χ3n) is 10.4. The number of carbonyl (C=O) groups excluding carboxylic acids is 4. The number of amides is 2. The van der Waals surface area contributed by atoms with Crippen molar-refractivity contribution in [3.8, 4) is 0 Å². The van der Waals surface area contributed by atoms with E-state index in [0.29, 0.717) is 105 Å². The molecule has 0 radical (unpaired) electrons. The van der Waals surface area contributed by atoms with E-state index in [2.05, 4.69) is 0 Å².